The van der Waals surface area contributed by atoms with E-state index in [1.54, 1.807) is 25.1 Å². The van der Waals surface area contributed by atoms with Crippen LogP contribution in [0.1, 0.15) is 25.0 Å². The number of carbonyl (C=O) groups is 1. The largest absolute Gasteiger partial charge is 0.490 e. The molecule has 0 saturated heterocycles. The zero-order chi connectivity index (χ0) is 13.0. The van der Waals surface area contributed by atoms with Gasteiger partial charge in [-0.1, -0.05) is 12.1 Å². The lowest BCUT2D eigenvalue weighted by Gasteiger charge is -2.15. The Bertz CT molecular complexity index is 429. The number of rotatable bonds is 3. The van der Waals surface area contributed by atoms with Crippen molar-refractivity contribution in [3.63, 3.8) is 0 Å². The molecule has 98 valence electrons. The SMILES string of the molecule is CCOC(=O)C(O)c1cccc2c1OCCCO2. The second-order valence-electron chi connectivity index (χ2n) is 3.88. The van der Waals surface area contributed by atoms with Crippen LogP contribution in [0.4, 0.5) is 0 Å². The van der Waals surface area contributed by atoms with Gasteiger partial charge in [0, 0.05) is 12.0 Å². The molecule has 1 aliphatic heterocycles. The maximum absolute atomic E-state index is 11.5. The van der Waals surface area contributed by atoms with Crippen LogP contribution in [0, 0.1) is 0 Å². The third-order valence-electron chi connectivity index (χ3n) is 2.61. The lowest BCUT2D eigenvalue weighted by Crippen LogP contribution is -2.16. The maximum Gasteiger partial charge on any atom is 0.339 e. The monoisotopic (exact) mass is 252 g/mol. The molecule has 5 heteroatoms. The summed E-state index contributed by atoms with van der Waals surface area (Å²) in [6.07, 6.45) is -0.578. The van der Waals surface area contributed by atoms with E-state index in [2.05, 4.69) is 0 Å². The van der Waals surface area contributed by atoms with E-state index in [0.29, 0.717) is 30.3 Å². The first-order chi connectivity index (χ1) is 8.74. The van der Waals surface area contributed by atoms with Crippen LogP contribution in [0.5, 0.6) is 11.5 Å². The van der Waals surface area contributed by atoms with Gasteiger partial charge in [-0.05, 0) is 13.0 Å². The average Bonchev–Trinajstić information content (AvgIpc) is 2.62. The summed E-state index contributed by atoms with van der Waals surface area (Å²) < 4.78 is 15.8. The van der Waals surface area contributed by atoms with E-state index in [9.17, 15) is 9.90 Å². The van der Waals surface area contributed by atoms with Gasteiger partial charge in [-0.2, -0.15) is 0 Å². The topological polar surface area (TPSA) is 65.0 Å². The van der Waals surface area contributed by atoms with Crippen molar-refractivity contribution in [1.82, 2.24) is 0 Å². The molecule has 1 atom stereocenters. The molecule has 0 aromatic heterocycles. The van der Waals surface area contributed by atoms with Crippen molar-refractivity contribution in [3.8, 4) is 11.5 Å². The third kappa shape index (κ3) is 2.56. The van der Waals surface area contributed by atoms with Crippen molar-refractivity contribution in [3.05, 3.63) is 23.8 Å². The van der Waals surface area contributed by atoms with Gasteiger partial charge in [0.25, 0.3) is 0 Å². The van der Waals surface area contributed by atoms with Crippen LogP contribution in [0.3, 0.4) is 0 Å². The highest BCUT2D eigenvalue weighted by Gasteiger charge is 2.25. The summed E-state index contributed by atoms with van der Waals surface area (Å²) in [6, 6.07) is 5.10. The van der Waals surface area contributed by atoms with Gasteiger partial charge in [0.1, 0.15) is 0 Å². The molecule has 0 amide bonds. The maximum atomic E-state index is 11.5. The molecular weight excluding hydrogens is 236 g/mol. The molecule has 1 N–H and O–H groups in total. The summed E-state index contributed by atoms with van der Waals surface area (Å²) in [5.41, 5.74) is 0.382. The molecule has 0 spiro atoms. The van der Waals surface area contributed by atoms with E-state index in [4.69, 9.17) is 14.2 Å². The molecule has 0 saturated carbocycles. The highest BCUT2D eigenvalue weighted by molar-refractivity contribution is 5.77. The van der Waals surface area contributed by atoms with Gasteiger partial charge < -0.3 is 19.3 Å². The molecule has 1 unspecified atom stereocenters. The van der Waals surface area contributed by atoms with Gasteiger partial charge in [-0.15, -0.1) is 0 Å². The van der Waals surface area contributed by atoms with E-state index >= 15 is 0 Å². The molecule has 0 fully saturated rings. The van der Waals surface area contributed by atoms with Crippen LogP contribution < -0.4 is 9.47 Å². The Morgan fingerprint density at radius 1 is 1.44 bits per heavy atom. The second-order valence-corrected chi connectivity index (χ2v) is 3.88. The minimum Gasteiger partial charge on any atom is -0.490 e. The predicted octanol–water partition coefficient (Wildman–Crippen LogP) is 1.44. The quantitative estimate of drug-likeness (QED) is 0.825. The van der Waals surface area contributed by atoms with Gasteiger partial charge in [0.2, 0.25) is 0 Å². The smallest absolute Gasteiger partial charge is 0.339 e. The lowest BCUT2D eigenvalue weighted by atomic mass is 10.1. The van der Waals surface area contributed by atoms with Gasteiger partial charge in [-0.25, -0.2) is 4.79 Å². The Morgan fingerprint density at radius 2 is 2.22 bits per heavy atom. The number of esters is 1. The number of para-hydroxylation sites is 1. The molecule has 1 aromatic carbocycles. The average molecular weight is 252 g/mol. The summed E-state index contributed by atoms with van der Waals surface area (Å²) in [4.78, 5) is 11.5. The van der Waals surface area contributed by atoms with E-state index in [1.165, 1.54) is 0 Å². The van der Waals surface area contributed by atoms with Crippen LogP contribution in [0.2, 0.25) is 0 Å². The first-order valence-electron chi connectivity index (χ1n) is 5.97. The Morgan fingerprint density at radius 3 is 3.00 bits per heavy atom. The number of hydrogen-bond donors (Lipinski definition) is 1. The zero-order valence-corrected chi connectivity index (χ0v) is 10.2. The fourth-order valence-electron chi connectivity index (χ4n) is 1.78. The summed E-state index contributed by atoms with van der Waals surface area (Å²) in [5.74, 6) is 0.294. The number of hydrogen-bond acceptors (Lipinski definition) is 5. The molecule has 18 heavy (non-hydrogen) atoms. The van der Waals surface area contributed by atoms with Gasteiger partial charge in [0.15, 0.2) is 17.6 Å². The Balaban J connectivity index is 2.30. The summed E-state index contributed by atoms with van der Waals surface area (Å²) >= 11 is 0. The highest BCUT2D eigenvalue weighted by Crippen LogP contribution is 2.36. The lowest BCUT2D eigenvalue weighted by molar-refractivity contribution is -0.153. The molecule has 0 radical (unpaired) electrons. The molecule has 1 aromatic rings. The number of benzene rings is 1. The van der Waals surface area contributed by atoms with Gasteiger partial charge in [-0.3, -0.25) is 0 Å². The van der Waals surface area contributed by atoms with Crippen LogP contribution in [0.15, 0.2) is 18.2 Å². The zero-order valence-electron chi connectivity index (χ0n) is 10.2. The van der Waals surface area contributed by atoms with Crippen LogP contribution in [-0.2, 0) is 9.53 Å². The second kappa shape index (κ2) is 5.73. The van der Waals surface area contributed by atoms with E-state index in [-0.39, 0.29) is 6.61 Å². The molecule has 1 heterocycles. The van der Waals surface area contributed by atoms with Crippen molar-refractivity contribution in [2.24, 2.45) is 0 Å². The number of aliphatic hydroxyl groups is 1. The molecule has 2 rings (SSSR count). The number of carbonyl (C=O) groups excluding carboxylic acids is 1. The summed E-state index contributed by atoms with van der Waals surface area (Å²) in [7, 11) is 0. The van der Waals surface area contributed by atoms with Crippen molar-refractivity contribution < 1.29 is 24.1 Å². The number of ether oxygens (including phenoxy) is 3. The molecular formula is C13H16O5. The first-order valence-corrected chi connectivity index (χ1v) is 5.97. The first kappa shape index (κ1) is 12.7. The van der Waals surface area contributed by atoms with E-state index in [0.717, 1.165) is 6.42 Å². The summed E-state index contributed by atoms with van der Waals surface area (Å²) in [5, 5.41) is 9.96. The highest BCUT2D eigenvalue weighted by atomic mass is 16.5. The molecule has 0 bridgehead atoms. The van der Waals surface area contributed by atoms with Gasteiger partial charge >= 0.3 is 5.97 Å². The Kier molecular flexibility index (Phi) is 4.04. The van der Waals surface area contributed by atoms with Crippen molar-refractivity contribution in [1.29, 1.82) is 0 Å². The number of fused-ring (bicyclic) bond motifs is 1. The molecule has 5 nitrogen and oxygen atoms in total. The Labute approximate surface area is 105 Å². The summed E-state index contributed by atoms with van der Waals surface area (Å²) in [6.45, 7) is 2.98. The van der Waals surface area contributed by atoms with Gasteiger partial charge in [0.05, 0.1) is 19.8 Å². The van der Waals surface area contributed by atoms with E-state index < -0.39 is 12.1 Å². The standard InChI is InChI=1S/C13H16O5/c1-2-16-13(15)11(14)9-5-3-6-10-12(9)18-8-4-7-17-10/h3,5-6,11,14H,2,4,7-8H2,1H3. The van der Waals surface area contributed by atoms with Crippen LogP contribution >= 0.6 is 0 Å². The predicted molar refractivity (Wildman–Crippen MR) is 63.6 cm³/mol. The normalized spacial score (nSPS) is 15.7. The fraction of sp³-hybridized carbons (Fsp3) is 0.462. The minimum atomic E-state index is -1.35. The molecule has 0 aliphatic carbocycles. The molecule has 1 aliphatic rings. The van der Waals surface area contributed by atoms with Crippen molar-refractivity contribution in [2.75, 3.05) is 19.8 Å². The third-order valence-corrected chi connectivity index (χ3v) is 2.61. The fourth-order valence-corrected chi connectivity index (χ4v) is 1.78. The van der Waals surface area contributed by atoms with Crippen LogP contribution in [0.25, 0.3) is 0 Å². The van der Waals surface area contributed by atoms with Crippen molar-refractivity contribution in [2.45, 2.75) is 19.4 Å². The number of aliphatic hydroxyl groups excluding tert-OH is 1. The van der Waals surface area contributed by atoms with Crippen molar-refractivity contribution >= 4 is 5.97 Å². The Hall–Kier alpha value is -1.75. The van der Waals surface area contributed by atoms with E-state index in [1.807, 2.05) is 0 Å². The van der Waals surface area contributed by atoms with Crippen LogP contribution in [-0.4, -0.2) is 30.9 Å². The minimum absolute atomic E-state index is 0.224.